The summed E-state index contributed by atoms with van der Waals surface area (Å²) in [5.41, 5.74) is 3.13. The average Bonchev–Trinajstić information content (AvgIpc) is 2.60. The average molecular weight is 328 g/mol. The van der Waals surface area contributed by atoms with Crippen LogP contribution in [0.15, 0.2) is 53.4 Å². The number of amides is 1. The Kier molecular flexibility index (Phi) is 6.68. The maximum absolute atomic E-state index is 11.7. The minimum Gasteiger partial charge on any atom is -0.355 e. The molecule has 2 aromatic rings. The van der Waals surface area contributed by atoms with Crippen molar-refractivity contribution in [2.45, 2.75) is 31.3 Å². The molecule has 3 nitrogen and oxygen atoms in total. The number of carbonyl (C=O) groups excluding carboxylic acids is 1. The molecule has 1 atom stereocenters. The number of hydrogen-bond acceptors (Lipinski definition) is 3. The Morgan fingerprint density at radius 1 is 1.17 bits per heavy atom. The molecule has 0 fully saturated rings. The van der Waals surface area contributed by atoms with Gasteiger partial charge in [-0.25, -0.2) is 0 Å². The van der Waals surface area contributed by atoms with Crippen molar-refractivity contribution in [3.8, 4) is 0 Å². The second kappa shape index (κ2) is 8.75. The molecule has 122 valence electrons. The van der Waals surface area contributed by atoms with Crippen molar-refractivity contribution in [1.82, 2.24) is 10.6 Å². The predicted molar refractivity (Wildman–Crippen MR) is 97.9 cm³/mol. The van der Waals surface area contributed by atoms with Crippen LogP contribution >= 0.6 is 11.8 Å². The molecule has 0 aliphatic rings. The molecule has 1 unspecified atom stereocenters. The standard InChI is InChI=1S/C19H24N2OS/c1-4-23-18-11-6-5-10-17(18)14(2)21-13-15-8-7-9-16(12-15)19(22)20-3/h5-12,14,21H,4,13H2,1-3H3,(H,20,22). The van der Waals surface area contributed by atoms with Crippen molar-refractivity contribution in [2.24, 2.45) is 0 Å². The molecular formula is C19H24N2OS. The van der Waals surface area contributed by atoms with Crippen molar-refractivity contribution >= 4 is 17.7 Å². The molecule has 0 spiro atoms. The van der Waals surface area contributed by atoms with Gasteiger partial charge in [-0.1, -0.05) is 37.3 Å². The van der Waals surface area contributed by atoms with Gasteiger partial charge in [0.15, 0.2) is 0 Å². The normalized spacial score (nSPS) is 12.0. The topological polar surface area (TPSA) is 41.1 Å². The van der Waals surface area contributed by atoms with E-state index in [1.165, 1.54) is 10.5 Å². The van der Waals surface area contributed by atoms with Gasteiger partial charge in [-0.15, -0.1) is 11.8 Å². The molecular weight excluding hydrogens is 304 g/mol. The molecule has 0 aliphatic carbocycles. The Hall–Kier alpha value is -1.78. The summed E-state index contributed by atoms with van der Waals surface area (Å²) in [5, 5.41) is 6.21. The van der Waals surface area contributed by atoms with E-state index >= 15 is 0 Å². The first kappa shape index (κ1) is 17.6. The number of nitrogens with one attached hydrogen (secondary N) is 2. The maximum atomic E-state index is 11.7. The monoisotopic (exact) mass is 328 g/mol. The van der Waals surface area contributed by atoms with Crippen molar-refractivity contribution in [3.63, 3.8) is 0 Å². The number of thioether (sulfide) groups is 1. The van der Waals surface area contributed by atoms with E-state index in [-0.39, 0.29) is 11.9 Å². The van der Waals surface area contributed by atoms with Crippen molar-refractivity contribution in [2.75, 3.05) is 12.8 Å². The van der Waals surface area contributed by atoms with Gasteiger partial charge in [0, 0.05) is 30.1 Å². The van der Waals surface area contributed by atoms with Gasteiger partial charge in [0.2, 0.25) is 0 Å². The second-order valence-electron chi connectivity index (χ2n) is 5.35. The van der Waals surface area contributed by atoms with Crippen LogP contribution in [0, 0.1) is 0 Å². The van der Waals surface area contributed by atoms with Crippen LogP contribution < -0.4 is 10.6 Å². The molecule has 0 aromatic heterocycles. The lowest BCUT2D eigenvalue weighted by molar-refractivity contribution is 0.0963. The number of rotatable bonds is 7. The van der Waals surface area contributed by atoms with Crippen LogP contribution in [0.25, 0.3) is 0 Å². The lowest BCUT2D eigenvalue weighted by Crippen LogP contribution is -2.20. The van der Waals surface area contributed by atoms with E-state index in [2.05, 4.69) is 48.7 Å². The van der Waals surface area contributed by atoms with Gasteiger partial charge in [-0.3, -0.25) is 4.79 Å². The van der Waals surface area contributed by atoms with Crippen LogP contribution in [0.1, 0.15) is 41.4 Å². The Balaban J connectivity index is 2.05. The highest BCUT2D eigenvalue weighted by molar-refractivity contribution is 7.99. The molecule has 23 heavy (non-hydrogen) atoms. The smallest absolute Gasteiger partial charge is 0.251 e. The number of hydrogen-bond donors (Lipinski definition) is 2. The third kappa shape index (κ3) is 4.85. The Morgan fingerprint density at radius 2 is 1.96 bits per heavy atom. The second-order valence-corrected chi connectivity index (χ2v) is 6.66. The first-order valence-corrected chi connectivity index (χ1v) is 8.90. The highest BCUT2D eigenvalue weighted by atomic mass is 32.2. The number of carbonyl (C=O) groups is 1. The molecule has 0 saturated carbocycles. The minimum absolute atomic E-state index is 0.0513. The molecule has 2 aromatic carbocycles. The third-order valence-corrected chi connectivity index (χ3v) is 4.69. The zero-order valence-corrected chi connectivity index (χ0v) is 14.7. The summed E-state index contributed by atoms with van der Waals surface area (Å²) in [6.45, 7) is 5.08. The van der Waals surface area contributed by atoms with Crippen molar-refractivity contribution in [3.05, 3.63) is 65.2 Å². The first-order valence-electron chi connectivity index (χ1n) is 7.91. The molecule has 0 aliphatic heterocycles. The highest BCUT2D eigenvalue weighted by Crippen LogP contribution is 2.27. The van der Waals surface area contributed by atoms with E-state index in [0.717, 1.165) is 17.9 Å². The van der Waals surface area contributed by atoms with Crippen LogP contribution in [0.5, 0.6) is 0 Å². The SMILES string of the molecule is CCSc1ccccc1C(C)NCc1cccc(C(=O)NC)c1. The van der Waals surface area contributed by atoms with Gasteiger partial charge >= 0.3 is 0 Å². The molecule has 0 heterocycles. The van der Waals surface area contributed by atoms with E-state index in [4.69, 9.17) is 0 Å². The summed E-state index contributed by atoms with van der Waals surface area (Å²) in [6, 6.07) is 16.5. The van der Waals surface area contributed by atoms with Crippen molar-refractivity contribution < 1.29 is 4.79 Å². The molecule has 0 saturated heterocycles. The summed E-state index contributed by atoms with van der Waals surface area (Å²) >= 11 is 1.87. The summed E-state index contributed by atoms with van der Waals surface area (Å²) in [6.07, 6.45) is 0. The third-order valence-electron chi connectivity index (χ3n) is 3.71. The summed E-state index contributed by atoms with van der Waals surface area (Å²) < 4.78 is 0. The van der Waals surface area contributed by atoms with Crippen LogP contribution in [-0.4, -0.2) is 18.7 Å². The van der Waals surface area contributed by atoms with Crippen molar-refractivity contribution in [1.29, 1.82) is 0 Å². The Labute approximate surface area is 142 Å². The summed E-state index contributed by atoms with van der Waals surface area (Å²) in [7, 11) is 1.65. The fraction of sp³-hybridized carbons (Fsp3) is 0.316. The van der Waals surface area contributed by atoms with Gasteiger partial charge in [0.25, 0.3) is 5.91 Å². The van der Waals surface area contributed by atoms with Gasteiger partial charge < -0.3 is 10.6 Å². The summed E-state index contributed by atoms with van der Waals surface area (Å²) in [5.74, 6) is 1.02. The molecule has 2 N–H and O–H groups in total. The predicted octanol–water partition coefficient (Wildman–Crippen LogP) is 4.01. The fourth-order valence-corrected chi connectivity index (χ4v) is 3.37. The molecule has 0 radical (unpaired) electrons. The van der Waals surface area contributed by atoms with E-state index in [1.54, 1.807) is 7.05 Å². The van der Waals surface area contributed by atoms with Crippen LogP contribution in [0.4, 0.5) is 0 Å². The van der Waals surface area contributed by atoms with Gasteiger partial charge in [-0.05, 0) is 42.0 Å². The lowest BCUT2D eigenvalue weighted by Gasteiger charge is -2.18. The zero-order valence-electron chi connectivity index (χ0n) is 13.9. The number of benzene rings is 2. The van der Waals surface area contributed by atoms with E-state index in [9.17, 15) is 4.79 Å². The quantitative estimate of drug-likeness (QED) is 0.755. The fourth-order valence-electron chi connectivity index (χ4n) is 2.47. The van der Waals surface area contributed by atoms with Gasteiger partial charge in [0.1, 0.15) is 0 Å². The molecule has 2 rings (SSSR count). The van der Waals surface area contributed by atoms with Crippen LogP contribution in [0.3, 0.4) is 0 Å². The molecule has 1 amide bonds. The van der Waals surface area contributed by atoms with Gasteiger partial charge in [0.05, 0.1) is 0 Å². The van der Waals surface area contributed by atoms with Crippen LogP contribution in [0.2, 0.25) is 0 Å². The largest absolute Gasteiger partial charge is 0.355 e. The van der Waals surface area contributed by atoms with E-state index in [1.807, 2.05) is 36.0 Å². The molecule has 0 bridgehead atoms. The van der Waals surface area contributed by atoms with E-state index in [0.29, 0.717) is 5.56 Å². The summed E-state index contributed by atoms with van der Waals surface area (Å²) in [4.78, 5) is 13.0. The first-order chi connectivity index (χ1) is 11.2. The zero-order chi connectivity index (χ0) is 16.7. The maximum Gasteiger partial charge on any atom is 0.251 e. The van der Waals surface area contributed by atoms with Gasteiger partial charge in [-0.2, -0.15) is 0 Å². The molecule has 4 heteroatoms. The minimum atomic E-state index is -0.0513. The Morgan fingerprint density at radius 3 is 2.70 bits per heavy atom. The highest BCUT2D eigenvalue weighted by Gasteiger charge is 2.10. The van der Waals surface area contributed by atoms with Crippen LogP contribution in [-0.2, 0) is 6.54 Å². The Bertz CT molecular complexity index is 657. The lowest BCUT2D eigenvalue weighted by atomic mass is 10.1. The van der Waals surface area contributed by atoms with E-state index < -0.39 is 0 Å².